The first-order valence-corrected chi connectivity index (χ1v) is 5.66. The summed E-state index contributed by atoms with van der Waals surface area (Å²) >= 11 is 0. The zero-order chi connectivity index (χ0) is 10.8. The van der Waals surface area contributed by atoms with Crippen LogP contribution in [0, 0.1) is 5.92 Å². The number of hydrogen-bond acceptors (Lipinski definition) is 3. The van der Waals surface area contributed by atoms with Crippen LogP contribution < -0.4 is 5.73 Å². The lowest BCUT2D eigenvalue weighted by Crippen LogP contribution is -2.33. The Kier molecular flexibility index (Phi) is 2.95. The summed E-state index contributed by atoms with van der Waals surface area (Å²) in [5, 5.41) is 4.38. The van der Waals surface area contributed by atoms with Crippen LogP contribution in [-0.2, 0) is 13.6 Å². The summed E-state index contributed by atoms with van der Waals surface area (Å²) in [5.41, 5.74) is 6.84. The highest BCUT2D eigenvalue weighted by molar-refractivity contribution is 5.30. The summed E-state index contributed by atoms with van der Waals surface area (Å²) in [5.74, 6) is 1.56. The van der Waals surface area contributed by atoms with E-state index >= 15 is 0 Å². The van der Waals surface area contributed by atoms with Crippen LogP contribution in [0.2, 0.25) is 0 Å². The lowest BCUT2D eigenvalue weighted by atomic mass is 10.0. The Hall–Kier alpha value is -1.03. The first-order valence-electron chi connectivity index (χ1n) is 5.66. The highest BCUT2D eigenvalue weighted by atomic mass is 15.3. The summed E-state index contributed by atoms with van der Waals surface area (Å²) in [7, 11) is 1.89. The zero-order valence-corrected chi connectivity index (χ0v) is 9.61. The number of nitrogens with zero attached hydrogens (tertiary/aromatic N) is 3. The molecular formula is C11H20N4. The van der Waals surface area contributed by atoms with Gasteiger partial charge in [0.05, 0.1) is 5.69 Å². The standard InChI is InChI=1S/C11H20N4/c1-9-4-3-5-15(7-9)8-10-6-11(12)14(2)13-10/h6,9H,3-5,7-8,12H2,1-2H3. The van der Waals surface area contributed by atoms with Crippen molar-refractivity contribution < 1.29 is 0 Å². The first kappa shape index (κ1) is 10.5. The Labute approximate surface area is 91.1 Å². The Bertz CT molecular complexity index is 312. The van der Waals surface area contributed by atoms with Gasteiger partial charge in [-0.1, -0.05) is 6.92 Å². The van der Waals surface area contributed by atoms with E-state index < -0.39 is 0 Å². The molecule has 0 amide bonds. The number of rotatable bonds is 2. The molecular weight excluding hydrogens is 188 g/mol. The van der Waals surface area contributed by atoms with Crippen molar-refractivity contribution in [2.24, 2.45) is 13.0 Å². The number of piperidine rings is 1. The zero-order valence-electron chi connectivity index (χ0n) is 9.61. The number of aromatic nitrogens is 2. The van der Waals surface area contributed by atoms with Crippen LogP contribution in [0.5, 0.6) is 0 Å². The van der Waals surface area contributed by atoms with E-state index in [0.717, 1.165) is 24.0 Å². The van der Waals surface area contributed by atoms with Crippen molar-refractivity contribution in [1.82, 2.24) is 14.7 Å². The molecule has 1 saturated heterocycles. The molecule has 1 aromatic rings. The predicted octanol–water partition coefficient (Wildman–Crippen LogP) is 1.23. The molecule has 0 bridgehead atoms. The van der Waals surface area contributed by atoms with Gasteiger partial charge in [-0.05, 0) is 25.3 Å². The summed E-state index contributed by atoms with van der Waals surface area (Å²) in [6, 6.07) is 1.97. The van der Waals surface area contributed by atoms with Gasteiger partial charge in [0.1, 0.15) is 5.82 Å². The molecule has 1 atom stereocenters. The average Bonchev–Trinajstić information content (AvgIpc) is 2.45. The Morgan fingerprint density at radius 2 is 2.40 bits per heavy atom. The molecule has 15 heavy (non-hydrogen) atoms. The summed E-state index contributed by atoms with van der Waals surface area (Å²) in [6.45, 7) is 5.64. The Morgan fingerprint density at radius 3 is 3.00 bits per heavy atom. The number of nitrogen functional groups attached to an aromatic ring is 1. The van der Waals surface area contributed by atoms with Crippen LogP contribution >= 0.6 is 0 Å². The SMILES string of the molecule is CC1CCCN(Cc2cc(N)n(C)n2)C1. The van der Waals surface area contributed by atoms with Crippen LogP contribution in [0.1, 0.15) is 25.5 Å². The lowest BCUT2D eigenvalue weighted by Gasteiger charge is -2.30. The van der Waals surface area contributed by atoms with Gasteiger partial charge in [-0.25, -0.2) is 0 Å². The molecule has 0 saturated carbocycles. The Morgan fingerprint density at radius 1 is 1.60 bits per heavy atom. The molecule has 84 valence electrons. The van der Waals surface area contributed by atoms with Crippen molar-refractivity contribution in [1.29, 1.82) is 0 Å². The molecule has 2 rings (SSSR count). The van der Waals surface area contributed by atoms with Gasteiger partial charge in [0.15, 0.2) is 0 Å². The highest BCUT2D eigenvalue weighted by Crippen LogP contribution is 2.17. The summed E-state index contributed by atoms with van der Waals surface area (Å²) in [4.78, 5) is 2.47. The maximum Gasteiger partial charge on any atom is 0.121 e. The van der Waals surface area contributed by atoms with Gasteiger partial charge >= 0.3 is 0 Å². The molecule has 0 aliphatic carbocycles. The molecule has 2 heterocycles. The number of hydrogen-bond donors (Lipinski definition) is 1. The fourth-order valence-electron chi connectivity index (χ4n) is 2.28. The van der Waals surface area contributed by atoms with Gasteiger partial charge in [0, 0.05) is 26.2 Å². The number of anilines is 1. The molecule has 1 fully saturated rings. The molecule has 1 unspecified atom stereocenters. The van der Waals surface area contributed by atoms with E-state index in [-0.39, 0.29) is 0 Å². The van der Waals surface area contributed by atoms with Gasteiger partial charge in [0.2, 0.25) is 0 Å². The smallest absolute Gasteiger partial charge is 0.121 e. The molecule has 4 nitrogen and oxygen atoms in total. The monoisotopic (exact) mass is 208 g/mol. The van der Waals surface area contributed by atoms with Crippen LogP contribution in [0.4, 0.5) is 5.82 Å². The molecule has 0 spiro atoms. The largest absolute Gasteiger partial charge is 0.384 e. The number of likely N-dealkylation sites (tertiary alicyclic amines) is 1. The quantitative estimate of drug-likeness (QED) is 0.795. The second-order valence-electron chi connectivity index (χ2n) is 4.67. The van der Waals surface area contributed by atoms with E-state index in [2.05, 4.69) is 16.9 Å². The van der Waals surface area contributed by atoms with E-state index in [0.29, 0.717) is 0 Å². The summed E-state index contributed by atoms with van der Waals surface area (Å²) < 4.78 is 1.74. The van der Waals surface area contributed by atoms with Gasteiger partial charge < -0.3 is 5.73 Å². The molecule has 1 aliphatic heterocycles. The molecule has 1 aromatic heterocycles. The Balaban J connectivity index is 1.96. The van der Waals surface area contributed by atoms with Crippen molar-refractivity contribution in [2.45, 2.75) is 26.3 Å². The van der Waals surface area contributed by atoms with Gasteiger partial charge in [-0.15, -0.1) is 0 Å². The maximum absolute atomic E-state index is 5.75. The van der Waals surface area contributed by atoms with E-state index in [4.69, 9.17) is 5.73 Å². The minimum Gasteiger partial charge on any atom is -0.384 e. The van der Waals surface area contributed by atoms with Crippen LogP contribution in [0.3, 0.4) is 0 Å². The average molecular weight is 208 g/mol. The molecule has 0 radical (unpaired) electrons. The second kappa shape index (κ2) is 4.23. The maximum atomic E-state index is 5.75. The lowest BCUT2D eigenvalue weighted by molar-refractivity contribution is 0.174. The molecule has 2 N–H and O–H groups in total. The van der Waals surface area contributed by atoms with Crippen molar-refractivity contribution in [3.8, 4) is 0 Å². The van der Waals surface area contributed by atoms with Crippen LogP contribution in [0.25, 0.3) is 0 Å². The van der Waals surface area contributed by atoms with Gasteiger partial charge in [-0.2, -0.15) is 5.10 Å². The van der Waals surface area contributed by atoms with Crippen molar-refractivity contribution in [2.75, 3.05) is 18.8 Å². The van der Waals surface area contributed by atoms with Gasteiger partial charge in [-0.3, -0.25) is 9.58 Å². The predicted molar refractivity (Wildman–Crippen MR) is 61.3 cm³/mol. The first-order chi connectivity index (χ1) is 7.15. The number of nitrogens with two attached hydrogens (primary N) is 1. The highest BCUT2D eigenvalue weighted by Gasteiger charge is 2.17. The van der Waals surface area contributed by atoms with Crippen molar-refractivity contribution in [3.63, 3.8) is 0 Å². The fourth-order valence-corrected chi connectivity index (χ4v) is 2.28. The number of aryl methyl sites for hydroxylation is 1. The van der Waals surface area contributed by atoms with Crippen molar-refractivity contribution in [3.05, 3.63) is 11.8 Å². The molecule has 1 aliphatic rings. The topological polar surface area (TPSA) is 47.1 Å². The third kappa shape index (κ3) is 2.50. The van der Waals surface area contributed by atoms with Gasteiger partial charge in [0.25, 0.3) is 0 Å². The molecule has 4 heteroatoms. The van der Waals surface area contributed by atoms with E-state index in [1.54, 1.807) is 4.68 Å². The van der Waals surface area contributed by atoms with Crippen molar-refractivity contribution >= 4 is 5.82 Å². The minimum absolute atomic E-state index is 0.745. The third-order valence-corrected chi connectivity index (χ3v) is 3.09. The second-order valence-corrected chi connectivity index (χ2v) is 4.67. The van der Waals surface area contributed by atoms with E-state index in [9.17, 15) is 0 Å². The van der Waals surface area contributed by atoms with E-state index in [1.165, 1.54) is 25.9 Å². The van der Waals surface area contributed by atoms with E-state index in [1.807, 2.05) is 13.1 Å². The van der Waals surface area contributed by atoms with Crippen LogP contribution in [0.15, 0.2) is 6.07 Å². The summed E-state index contributed by atoms with van der Waals surface area (Å²) in [6.07, 6.45) is 2.67. The fraction of sp³-hybridized carbons (Fsp3) is 0.727. The third-order valence-electron chi connectivity index (χ3n) is 3.09. The molecule has 0 aromatic carbocycles. The minimum atomic E-state index is 0.745. The normalized spacial score (nSPS) is 23.2. The van der Waals surface area contributed by atoms with Crippen LogP contribution in [-0.4, -0.2) is 27.8 Å².